The van der Waals surface area contributed by atoms with Crippen molar-refractivity contribution in [3.05, 3.63) is 0 Å². The van der Waals surface area contributed by atoms with Gasteiger partial charge in [0.2, 0.25) is 0 Å². The molecule has 0 saturated carbocycles. The molecule has 0 aliphatic carbocycles. The maximum Gasteiger partial charge on any atom is 0.411 e. The normalized spacial score (nSPS) is 12.3. The summed E-state index contributed by atoms with van der Waals surface area (Å²) in [6.45, 7) is 4.76. The summed E-state index contributed by atoms with van der Waals surface area (Å²) in [5.74, 6) is 0.772. The highest BCUT2D eigenvalue weighted by Crippen LogP contribution is 2.14. The number of hydrogen-bond acceptors (Lipinski definition) is 2. The van der Waals surface area contributed by atoms with Gasteiger partial charge in [-0.05, 0) is 18.9 Å². The molecule has 0 aliphatic heterocycles. The van der Waals surface area contributed by atoms with Gasteiger partial charge < -0.3 is 10.1 Å². The van der Waals surface area contributed by atoms with Crippen molar-refractivity contribution >= 4 is 0 Å². The Kier molecular flexibility index (Phi) is 10.4. The predicted octanol–water partition coefficient (Wildman–Crippen LogP) is 3.76. The van der Waals surface area contributed by atoms with Crippen molar-refractivity contribution in [1.29, 1.82) is 0 Å². The van der Waals surface area contributed by atoms with E-state index in [1.165, 1.54) is 25.7 Å². The molecule has 0 spiro atoms. The van der Waals surface area contributed by atoms with E-state index in [-0.39, 0.29) is 6.61 Å². The van der Waals surface area contributed by atoms with Crippen molar-refractivity contribution < 1.29 is 17.9 Å². The molecule has 0 radical (unpaired) electrons. The lowest BCUT2D eigenvalue weighted by Crippen LogP contribution is -2.24. The number of hydrogen-bond donors (Lipinski definition) is 1. The van der Waals surface area contributed by atoms with Crippen molar-refractivity contribution in [2.75, 3.05) is 26.3 Å². The minimum atomic E-state index is -4.21. The van der Waals surface area contributed by atoms with Crippen molar-refractivity contribution in [2.45, 2.75) is 52.1 Å². The Balaban J connectivity index is 3.04. The maximum atomic E-state index is 11.7. The van der Waals surface area contributed by atoms with Crippen LogP contribution >= 0.6 is 0 Å². The quantitative estimate of drug-likeness (QED) is 0.577. The molecule has 18 heavy (non-hydrogen) atoms. The summed E-state index contributed by atoms with van der Waals surface area (Å²) in [4.78, 5) is 0. The third-order valence-electron chi connectivity index (χ3n) is 2.57. The van der Waals surface area contributed by atoms with Crippen LogP contribution in [-0.2, 0) is 4.74 Å². The third-order valence-corrected chi connectivity index (χ3v) is 2.57. The molecule has 0 heterocycles. The van der Waals surface area contributed by atoms with E-state index >= 15 is 0 Å². The molecule has 1 N–H and O–H groups in total. The number of ether oxygens (including phenoxy) is 1. The van der Waals surface area contributed by atoms with Crippen molar-refractivity contribution in [2.24, 2.45) is 5.92 Å². The first-order valence-electron chi connectivity index (χ1n) is 6.77. The zero-order valence-electron chi connectivity index (χ0n) is 11.5. The van der Waals surface area contributed by atoms with Crippen LogP contribution < -0.4 is 5.32 Å². The van der Waals surface area contributed by atoms with E-state index in [1.54, 1.807) is 0 Å². The van der Waals surface area contributed by atoms with E-state index in [4.69, 9.17) is 0 Å². The van der Waals surface area contributed by atoms with Gasteiger partial charge in [-0.15, -0.1) is 0 Å². The molecule has 0 rings (SSSR count). The van der Waals surface area contributed by atoms with Crippen molar-refractivity contribution in [1.82, 2.24) is 5.32 Å². The molecule has 0 atom stereocenters. The highest BCUT2D eigenvalue weighted by atomic mass is 19.4. The lowest BCUT2D eigenvalue weighted by Gasteiger charge is -2.08. The Bertz CT molecular complexity index is 184. The standard InChI is InChI=1S/C13H26F3NO/c1-12(2)7-5-3-4-6-8-17-9-10-18-11-13(14,15)16/h12,17H,3-11H2,1-2H3. The predicted molar refractivity (Wildman–Crippen MR) is 67.7 cm³/mol. The van der Waals surface area contributed by atoms with Crippen LogP contribution in [0.15, 0.2) is 0 Å². The van der Waals surface area contributed by atoms with Crippen molar-refractivity contribution in [3.63, 3.8) is 0 Å². The van der Waals surface area contributed by atoms with E-state index in [0.29, 0.717) is 6.54 Å². The summed E-state index contributed by atoms with van der Waals surface area (Å²) < 4.78 is 39.6. The molecular formula is C13H26F3NO. The Hall–Kier alpha value is -0.290. The van der Waals surface area contributed by atoms with Crippen molar-refractivity contribution in [3.8, 4) is 0 Å². The Morgan fingerprint density at radius 2 is 1.67 bits per heavy atom. The number of rotatable bonds is 11. The molecule has 0 saturated heterocycles. The molecule has 0 aromatic heterocycles. The largest absolute Gasteiger partial charge is 0.411 e. The molecule has 2 nitrogen and oxygen atoms in total. The number of alkyl halides is 3. The Labute approximate surface area is 108 Å². The van der Waals surface area contributed by atoms with Crippen LogP contribution in [0.25, 0.3) is 0 Å². The monoisotopic (exact) mass is 269 g/mol. The summed E-state index contributed by atoms with van der Waals surface area (Å²) >= 11 is 0. The van der Waals surface area contributed by atoms with Gasteiger partial charge in [0.1, 0.15) is 6.61 Å². The first-order valence-corrected chi connectivity index (χ1v) is 6.77. The summed E-state index contributed by atoms with van der Waals surface area (Å²) in [6.07, 6.45) is 1.84. The highest BCUT2D eigenvalue weighted by molar-refractivity contribution is 4.52. The molecule has 0 bridgehead atoms. The van der Waals surface area contributed by atoms with E-state index in [1.807, 2.05) is 0 Å². The summed E-state index contributed by atoms with van der Waals surface area (Å²) in [5.41, 5.74) is 0. The molecular weight excluding hydrogens is 243 g/mol. The van der Waals surface area contributed by atoms with Crippen LogP contribution in [-0.4, -0.2) is 32.5 Å². The zero-order valence-corrected chi connectivity index (χ0v) is 11.5. The topological polar surface area (TPSA) is 21.3 Å². The van der Waals surface area contributed by atoms with Gasteiger partial charge in [-0.25, -0.2) is 0 Å². The van der Waals surface area contributed by atoms with Crippen LogP contribution in [0.4, 0.5) is 13.2 Å². The fraction of sp³-hybridized carbons (Fsp3) is 1.00. The second-order valence-corrected chi connectivity index (χ2v) is 5.01. The van der Waals surface area contributed by atoms with Crippen LogP contribution in [0.2, 0.25) is 0 Å². The van der Waals surface area contributed by atoms with Gasteiger partial charge in [-0.2, -0.15) is 13.2 Å². The van der Waals surface area contributed by atoms with Gasteiger partial charge in [0.05, 0.1) is 6.61 Å². The average Bonchev–Trinajstić information content (AvgIpc) is 2.24. The second kappa shape index (κ2) is 10.6. The highest BCUT2D eigenvalue weighted by Gasteiger charge is 2.27. The minimum Gasteiger partial charge on any atom is -0.371 e. The zero-order chi connectivity index (χ0) is 13.9. The van der Waals surface area contributed by atoms with Crippen LogP contribution in [0.1, 0.15) is 46.0 Å². The lowest BCUT2D eigenvalue weighted by molar-refractivity contribution is -0.173. The van der Waals surface area contributed by atoms with E-state index in [2.05, 4.69) is 23.9 Å². The van der Waals surface area contributed by atoms with Gasteiger partial charge in [-0.3, -0.25) is 0 Å². The molecule has 0 aromatic rings. The summed E-state index contributed by atoms with van der Waals surface area (Å²) in [7, 11) is 0. The van der Waals surface area contributed by atoms with Gasteiger partial charge >= 0.3 is 6.18 Å². The first-order chi connectivity index (χ1) is 8.42. The summed E-state index contributed by atoms with van der Waals surface area (Å²) in [5, 5.41) is 3.08. The maximum absolute atomic E-state index is 11.7. The van der Waals surface area contributed by atoms with Crippen LogP contribution in [0.5, 0.6) is 0 Å². The number of nitrogens with one attached hydrogen (secondary N) is 1. The molecule has 0 fully saturated rings. The van der Waals surface area contributed by atoms with E-state index in [9.17, 15) is 13.2 Å². The Morgan fingerprint density at radius 3 is 2.28 bits per heavy atom. The molecule has 5 heteroatoms. The minimum absolute atomic E-state index is 0.118. The van der Waals surface area contributed by atoms with Crippen LogP contribution in [0, 0.1) is 5.92 Å². The average molecular weight is 269 g/mol. The van der Waals surface area contributed by atoms with Gasteiger partial charge in [0.15, 0.2) is 0 Å². The lowest BCUT2D eigenvalue weighted by atomic mass is 10.0. The van der Waals surface area contributed by atoms with Crippen LogP contribution in [0.3, 0.4) is 0 Å². The third kappa shape index (κ3) is 15.7. The van der Waals surface area contributed by atoms with Gasteiger partial charge in [0.25, 0.3) is 0 Å². The first kappa shape index (κ1) is 17.7. The smallest absolute Gasteiger partial charge is 0.371 e. The molecule has 0 aliphatic rings. The van der Waals surface area contributed by atoms with E-state index < -0.39 is 12.8 Å². The second-order valence-electron chi connectivity index (χ2n) is 5.01. The SMILES string of the molecule is CC(C)CCCCCCNCCOCC(F)(F)F. The number of unbranched alkanes of at least 4 members (excludes halogenated alkanes) is 3. The van der Waals surface area contributed by atoms with E-state index in [0.717, 1.165) is 18.9 Å². The fourth-order valence-electron chi connectivity index (χ4n) is 1.61. The fourth-order valence-corrected chi connectivity index (χ4v) is 1.61. The molecule has 0 aromatic carbocycles. The molecule has 0 amide bonds. The molecule has 110 valence electrons. The number of halogens is 3. The van der Waals surface area contributed by atoms with Gasteiger partial charge in [0, 0.05) is 6.54 Å². The summed E-state index contributed by atoms with van der Waals surface area (Å²) in [6, 6.07) is 0. The van der Waals surface area contributed by atoms with Gasteiger partial charge in [-0.1, -0.05) is 39.5 Å². The Morgan fingerprint density at radius 1 is 1.00 bits per heavy atom. The molecule has 0 unspecified atom stereocenters.